The van der Waals surface area contributed by atoms with Gasteiger partial charge in [-0.25, -0.2) is 0 Å². The van der Waals surface area contributed by atoms with Gasteiger partial charge >= 0.3 is 0 Å². The van der Waals surface area contributed by atoms with E-state index in [4.69, 9.17) is 9.47 Å². The van der Waals surface area contributed by atoms with Crippen LogP contribution in [0.1, 0.15) is 22.5 Å². The fourth-order valence-electron chi connectivity index (χ4n) is 2.94. The second-order valence-corrected chi connectivity index (χ2v) is 7.02. The van der Waals surface area contributed by atoms with Crippen molar-refractivity contribution in [3.05, 3.63) is 70.3 Å². The predicted molar refractivity (Wildman–Crippen MR) is 107 cm³/mol. The number of carbonyl (C=O) groups is 1. The van der Waals surface area contributed by atoms with Gasteiger partial charge in [-0.3, -0.25) is 4.79 Å². The molecular weight excluding hydrogens is 394 g/mol. The van der Waals surface area contributed by atoms with E-state index in [1.165, 1.54) is 5.56 Å². The van der Waals surface area contributed by atoms with Crippen molar-refractivity contribution in [2.24, 2.45) is 0 Å². The predicted octanol–water partition coefficient (Wildman–Crippen LogP) is 4.84. The van der Waals surface area contributed by atoms with Crippen molar-refractivity contribution >= 4 is 32.6 Å². The monoisotopic (exact) mass is 415 g/mol. The molecule has 0 aliphatic rings. The summed E-state index contributed by atoms with van der Waals surface area (Å²) in [5.74, 6) is 0.122. The van der Waals surface area contributed by atoms with E-state index in [1.807, 2.05) is 59.2 Å². The van der Waals surface area contributed by atoms with Gasteiger partial charge in [-0.15, -0.1) is 0 Å². The minimum Gasteiger partial charge on any atom is -0.382 e. The number of carbonyl (C=O) groups excluding carboxylic acids is 1. The normalized spacial score (nSPS) is 11.2. The van der Waals surface area contributed by atoms with E-state index in [2.05, 4.69) is 15.9 Å². The molecule has 3 aromatic rings. The highest BCUT2D eigenvalue weighted by molar-refractivity contribution is 9.10. The van der Waals surface area contributed by atoms with Crippen LogP contribution in [0.5, 0.6) is 0 Å². The second kappa shape index (κ2) is 9.12. The Morgan fingerprint density at radius 1 is 1.08 bits per heavy atom. The standard InChI is InChI=1S/C21H22BrNO3/c1-25-11-12-26-15-23-19-9-8-18(22)13-17(19)14-20(23)21(24)10-7-16-5-3-2-4-6-16/h2-6,8-9,13-14H,7,10-12,15H2,1H3. The fraction of sp³-hybridized carbons (Fsp3) is 0.286. The molecule has 26 heavy (non-hydrogen) atoms. The molecule has 2 aromatic carbocycles. The molecular formula is C21H22BrNO3. The van der Waals surface area contributed by atoms with E-state index >= 15 is 0 Å². The van der Waals surface area contributed by atoms with E-state index in [9.17, 15) is 4.79 Å². The van der Waals surface area contributed by atoms with Crippen LogP contribution in [0.2, 0.25) is 0 Å². The number of ketones is 1. The summed E-state index contributed by atoms with van der Waals surface area (Å²) < 4.78 is 13.6. The van der Waals surface area contributed by atoms with Crippen LogP contribution in [0.3, 0.4) is 0 Å². The first-order valence-corrected chi connectivity index (χ1v) is 9.41. The zero-order valence-corrected chi connectivity index (χ0v) is 16.4. The summed E-state index contributed by atoms with van der Waals surface area (Å²) >= 11 is 3.50. The average Bonchev–Trinajstić information content (AvgIpc) is 3.02. The van der Waals surface area contributed by atoms with Crippen LogP contribution in [-0.2, 0) is 22.6 Å². The van der Waals surface area contributed by atoms with Gasteiger partial charge in [0, 0.05) is 23.4 Å². The van der Waals surface area contributed by atoms with E-state index in [1.54, 1.807) is 7.11 Å². The largest absolute Gasteiger partial charge is 0.382 e. The van der Waals surface area contributed by atoms with Gasteiger partial charge in [0.15, 0.2) is 5.78 Å². The third-order valence-electron chi connectivity index (χ3n) is 4.28. The third-order valence-corrected chi connectivity index (χ3v) is 4.78. The molecule has 136 valence electrons. The number of rotatable bonds is 9. The van der Waals surface area contributed by atoms with Crippen molar-refractivity contribution in [3.63, 3.8) is 0 Å². The van der Waals surface area contributed by atoms with Crippen LogP contribution in [0, 0.1) is 0 Å². The Balaban J connectivity index is 1.81. The molecule has 0 aliphatic carbocycles. The maximum atomic E-state index is 12.9. The second-order valence-electron chi connectivity index (χ2n) is 6.10. The zero-order chi connectivity index (χ0) is 18.4. The molecule has 1 aromatic heterocycles. The van der Waals surface area contributed by atoms with Gasteiger partial charge in [-0.05, 0) is 36.2 Å². The molecule has 0 unspecified atom stereocenters. The molecule has 3 rings (SSSR count). The fourth-order valence-corrected chi connectivity index (χ4v) is 3.32. The molecule has 0 fully saturated rings. The van der Waals surface area contributed by atoms with Gasteiger partial charge < -0.3 is 14.0 Å². The number of aromatic nitrogens is 1. The molecule has 0 aliphatic heterocycles. The molecule has 0 saturated carbocycles. The van der Waals surface area contributed by atoms with E-state index in [0.29, 0.717) is 32.1 Å². The first kappa shape index (κ1) is 18.8. The Kier molecular flexibility index (Phi) is 6.61. The van der Waals surface area contributed by atoms with Gasteiger partial charge in [-0.2, -0.15) is 0 Å². The van der Waals surface area contributed by atoms with Crippen molar-refractivity contribution in [1.29, 1.82) is 0 Å². The summed E-state index contributed by atoms with van der Waals surface area (Å²) in [6.45, 7) is 1.35. The molecule has 1 heterocycles. The highest BCUT2D eigenvalue weighted by atomic mass is 79.9. The number of fused-ring (bicyclic) bond motifs is 1. The summed E-state index contributed by atoms with van der Waals surface area (Å²) in [5.41, 5.74) is 2.85. The Hall–Kier alpha value is -1.95. The Morgan fingerprint density at radius 3 is 2.65 bits per heavy atom. The van der Waals surface area contributed by atoms with Gasteiger partial charge in [-0.1, -0.05) is 46.3 Å². The van der Waals surface area contributed by atoms with Crippen LogP contribution in [0.15, 0.2) is 59.1 Å². The molecule has 0 atom stereocenters. The minimum atomic E-state index is 0.122. The number of ether oxygens (including phenoxy) is 2. The first-order valence-electron chi connectivity index (χ1n) is 8.61. The van der Waals surface area contributed by atoms with Crippen LogP contribution in [0.4, 0.5) is 0 Å². The number of methoxy groups -OCH3 is 1. The maximum absolute atomic E-state index is 12.9. The van der Waals surface area contributed by atoms with Gasteiger partial charge in [0.25, 0.3) is 0 Å². The molecule has 0 N–H and O–H groups in total. The maximum Gasteiger partial charge on any atom is 0.179 e. The smallest absolute Gasteiger partial charge is 0.179 e. The highest BCUT2D eigenvalue weighted by Crippen LogP contribution is 2.25. The Labute approximate surface area is 161 Å². The number of hydrogen-bond donors (Lipinski definition) is 0. The number of hydrogen-bond acceptors (Lipinski definition) is 3. The summed E-state index contributed by atoms with van der Waals surface area (Å²) in [6.07, 6.45) is 1.20. The highest BCUT2D eigenvalue weighted by Gasteiger charge is 2.16. The lowest BCUT2D eigenvalue weighted by Gasteiger charge is -2.11. The number of aryl methyl sites for hydroxylation is 1. The van der Waals surface area contributed by atoms with E-state index < -0.39 is 0 Å². The van der Waals surface area contributed by atoms with Crippen molar-refractivity contribution < 1.29 is 14.3 Å². The van der Waals surface area contributed by atoms with Crippen LogP contribution < -0.4 is 0 Å². The minimum absolute atomic E-state index is 0.122. The van der Waals surface area contributed by atoms with Gasteiger partial charge in [0.2, 0.25) is 0 Å². The first-order chi connectivity index (χ1) is 12.7. The third kappa shape index (κ3) is 4.61. The topological polar surface area (TPSA) is 40.5 Å². The van der Waals surface area contributed by atoms with E-state index in [0.717, 1.165) is 21.8 Å². The summed E-state index contributed by atoms with van der Waals surface area (Å²) in [5, 5.41) is 1.03. The van der Waals surface area contributed by atoms with Crippen molar-refractivity contribution in [2.45, 2.75) is 19.6 Å². The Bertz CT molecular complexity index is 874. The summed E-state index contributed by atoms with van der Waals surface area (Å²) in [6, 6.07) is 18.0. The molecule has 0 saturated heterocycles. The molecule has 5 heteroatoms. The van der Waals surface area contributed by atoms with E-state index in [-0.39, 0.29) is 5.78 Å². The average molecular weight is 416 g/mol. The number of benzene rings is 2. The molecule has 4 nitrogen and oxygen atoms in total. The lowest BCUT2D eigenvalue weighted by atomic mass is 10.1. The number of halogens is 1. The van der Waals surface area contributed by atoms with Crippen LogP contribution >= 0.6 is 15.9 Å². The lowest BCUT2D eigenvalue weighted by Crippen LogP contribution is -2.13. The van der Waals surface area contributed by atoms with Crippen molar-refractivity contribution in [3.8, 4) is 0 Å². The molecule has 0 bridgehead atoms. The molecule has 0 amide bonds. The van der Waals surface area contributed by atoms with Gasteiger partial charge in [0.1, 0.15) is 6.73 Å². The van der Waals surface area contributed by atoms with Gasteiger partial charge in [0.05, 0.1) is 24.4 Å². The molecule has 0 radical (unpaired) electrons. The molecule has 0 spiro atoms. The van der Waals surface area contributed by atoms with Crippen LogP contribution in [0.25, 0.3) is 10.9 Å². The lowest BCUT2D eigenvalue weighted by molar-refractivity contribution is 0.0348. The number of Topliss-reactive ketones (excluding diaryl/α,β-unsaturated/α-hetero) is 1. The van der Waals surface area contributed by atoms with Crippen molar-refractivity contribution in [2.75, 3.05) is 20.3 Å². The zero-order valence-electron chi connectivity index (χ0n) is 14.8. The summed E-state index contributed by atoms with van der Waals surface area (Å²) in [4.78, 5) is 12.9. The summed E-state index contributed by atoms with van der Waals surface area (Å²) in [7, 11) is 1.64. The number of nitrogens with zero attached hydrogens (tertiary/aromatic N) is 1. The van der Waals surface area contributed by atoms with Crippen LogP contribution in [-0.4, -0.2) is 30.7 Å². The Morgan fingerprint density at radius 2 is 1.88 bits per heavy atom. The SMILES string of the molecule is COCCOCn1c(C(=O)CCc2ccccc2)cc2cc(Br)ccc21. The van der Waals surface area contributed by atoms with Crippen molar-refractivity contribution in [1.82, 2.24) is 4.57 Å². The quantitative estimate of drug-likeness (QED) is 0.370.